The Hall–Kier alpha value is -1.04. The van der Waals surface area contributed by atoms with E-state index in [0.29, 0.717) is 6.42 Å². The SMILES string of the molecule is CCCCCCCC(C#N)C(=O)O. The van der Waals surface area contributed by atoms with Crippen molar-refractivity contribution in [1.82, 2.24) is 0 Å². The first-order chi connectivity index (χ1) is 6.22. The average Bonchev–Trinajstić information content (AvgIpc) is 2.10. The van der Waals surface area contributed by atoms with Crippen LogP contribution in [0, 0.1) is 17.2 Å². The van der Waals surface area contributed by atoms with E-state index in [-0.39, 0.29) is 0 Å². The number of nitriles is 1. The number of carboxylic acids is 1. The van der Waals surface area contributed by atoms with E-state index >= 15 is 0 Å². The first-order valence-electron chi connectivity index (χ1n) is 4.84. The second-order valence-corrected chi connectivity index (χ2v) is 3.22. The molecule has 0 aromatic rings. The number of hydrogen-bond acceptors (Lipinski definition) is 2. The molecule has 0 aromatic carbocycles. The fourth-order valence-electron chi connectivity index (χ4n) is 1.20. The number of hydrogen-bond donors (Lipinski definition) is 1. The summed E-state index contributed by atoms with van der Waals surface area (Å²) in [5.74, 6) is -1.79. The van der Waals surface area contributed by atoms with Crippen molar-refractivity contribution in [2.45, 2.75) is 45.4 Å². The molecule has 13 heavy (non-hydrogen) atoms. The van der Waals surface area contributed by atoms with Crippen molar-refractivity contribution in [3.63, 3.8) is 0 Å². The fourth-order valence-corrected chi connectivity index (χ4v) is 1.20. The molecule has 0 bridgehead atoms. The molecule has 3 nitrogen and oxygen atoms in total. The van der Waals surface area contributed by atoms with E-state index in [4.69, 9.17) is 10.4 Å². The summed E-state index contributed by atoms with van der Waals surface area (Å²) in [5, 5.41) is 17.0. The van der Waals surface area contributed by atoms with Crippen LogP contribution in [0.2, 0.25) is 0 Å². The second-order valence-electron chi connectivity index (χ2n) is 3.22. The minimum absolute atomic E-state index is 0.496. The minimum atomic E-state index is -0.988. The first kappa shape index (κ1) is 12.0. The lowest BCUT2D eigenvalue weighted by Crippen LogP contribution is -2.10. The molecule has 0 aliphatic rings. The highest BCUT2D eigenvalue weighted by Gasteiger charge is 2.14. The molecule has 0 amide bonds. The number of unbranched alkanes of at least 4 members (excludes halogenated alkanes) is 4. The largest absolute Gasteiger partial charge is 0.480 e. The van der Waals surface area contributed by atoms with E-state index in [1.54, 1.807) is 6.07 Å². The monoisotopic (exact) mass is 183 g/mol. The number of aliphatic carboxylic acids is 1. The van der Waals surface area contributed by atoms with Gasteiger partial charge in [-0.3, -0.25) is 4.79 Å². The molecule has 0 saturated carbocycles. The van der Waals surface area contributed by atoms with Gasteiger partial charge in [0.15, 0.2) is 0 Å². The van der Waals surface area contributed by atoms with E-state index in [0.717, 1.165) is 19.3 Å². The standard InChI is InChI=1S/C10H17NO2/c1-2-3-4-5-6-7-9(8-11)10(12)13/h9H,2-7H2,1H3,(H,12,13). The molecule has 74 valence electrons. The lowest BCUT2D eigenvalue weighted by Gasteiger charge is -2.02. The van der Waals surface area contributed by atoms with Crippen molar-refractivity contribution in [2.75, 3.05) is 0 Å². The molecule has 0 radical (unpaired) electrons. The van der Waals surface area contributed by atoms with Gasteiger partial charge in [-0.15, -0.1) is 0 Å². The van der Waals surface area contributed by atoms with Crippen LogP contribution in [0.4, 0.5) is 0 Å². The van der Waals surface area contributed by atoms with Crippen molar-refractivity contribution < 1.29 is 9.90 Å². The zero-order chi connectivity index (χ0) is 10.1. The van der Waals surface area contributed by atoms with Crippen molar-refractivity contribution >= 4 is 5.97 Å². The quantitative estimate of drug-likeness (QED) is 0.617. The lowest BCUT2D eigenvalue weighted by molar-refractivity contribution is -0.140. The Morgan fingerprint density at radius 1 is 1.38 bits per heavy atom. The number of carboxylic acid groups (broad SMARTS) is 1. The van der Waals surface area contributed by atoms with Gasteiger partial charge in [-0.1, -0.05) is 39.0 Å². The van der Waals surface area contributed by atoms with Gasteiger partial charge in [-0.25, -0.2) is 0 Å². The summed E-state index contributed by atoms with van der Waals surface area (Å²) in [6.45, 7) is 2.13. The van der Waals surface area contributed by atoms with Crippen LogP contribution in [0.25, 0.3) is 0 Å². The Labute approximate surface area is 79.4 Å². The zero-order valence-corrected chi connectivity index (χ0v) is 8.12. The van der Waals surface area contributed by atoms with Crippen LogP contribution in [0.1, 0.15) is 45.4 Å². The van der Waals surface area contributed by atoms with Crippen LogP contribution in [0.15, 0.2) is 0 Å². The summed E-state index contributed by atoms with van der Waals surface area (Å²) in [6, 6.07) is 1.79. The number of rotatable bonds is 7. The first-order valence-corrected chi connectivity index (χ1v) is 4.84. The third-order valence-electron chi connectivity index (χ3n) is 2.05. The minimum Gasteiger partial charge on any atom is -0.480 e. The van der Waals surface area contributed by atoms with Gasteiger partial charge >= 0.3 is 5.97 Å². The Kier molecular flexibility index (Phi) is 6.99. The molecule has 0 aromatic heterocycles. The van der Waals surface area contributed by atoms with E-state index in [1.165, 1.54) is 12.8 Å². The van der Waals surface area contributed by atoms with Crippen molar-refractivity contribution in [3.05, 3.63) is 0 Å². The summed E-state index contributed by atoms with van der Waals surface area (Å²) in [5.41, 5.74) is 0. The van der Waals surface area contributed by atoms with Gasteiger partial charge in [0.1, 0.15) is 5.92 Å². The van der Waals surface area contributed by atoms with Gasteiger partial charge in [-0.2, -0.15) is 5.26 Å². The van der Waals surface area contributed by atoms with E-state index < -0.39 is 11.9 Å². The molecule has 1 N–H and O–H groups in total. The van der Waals surface area contributed by atoms with Crippen LogP contribution in [0.5, 0.6) is 0 Å². The van der Waals surface area contributed by atoms with Gasteiger partial charge in [0.2, 0.25) is 0 Å². The van der Waals surface area contributed by atoms with E-state index in [9.17, 15) is 4.79 Å². The van der Waals surface area contributed by atoms with E-state index in [2.05, 4.69) is 6.92 Å². The van der Waals surface area contributed by atoms with Crippen LogP contribution in [-0.2, 0) is 4.79 Å². The summed E-state index contributed by atoms with van der Waals surface area (Å²) in [6.07, 6.45) is 5.92. The zero-order valence-electron chi connectivity index (χ0n) is 8.12. The third kappa shape index (κ3) is 6.15. The summed E-state index contributed by atoms with van der Waals surface area (Å²) < 4.78 is 0. The molecular formula is C10H17NO2. The smallest absolute Gasteiger partial charge is 0.320 e. The predicted octanol–water partition coefficient (Wildman–Crippen LogP) is 2.57. The Bertz CT molecular complexity index is 184. The molecule has 0 rings (SSSR count). The molecule has 0 spiro atoms. The molecule has 0 aliphatic heterocycles. The molecule has 1 atom stereocenters. The maximum atomic E-state index is 10.4. The lowest BCUT2D eigenvalue weighted by atomic mass is 10.0. The van der Waals surface area contributed by atoms with Gasteiger partial charge in [0, 0.05) is 0 Å². The molecule has 0 fully saturated rings. The fraction of sp³-hybridized carbons (Fsp3) is 0.800. The Morgan fingerprint density at radius 2 is 2.00 bits per heavy atom. The highest BCUT2D eigenvalue weighted by molar-refractivity contribution is 5.72. The second kappa shape index (κ2) is 7.60. The summed E-state index contributed by atoms with van der Waals surface area (Å²) in [7, 11) is 0. The third-order valence-corrected chi connectivity index (χ3v) is 2.05. The molecule has 1 unspecified atom stereocenters. The molecule has 3 heteroatoms. The van der Waals surface area contributed by atoms with Crippen molar-refractivity contribution in [2.24, 2.45) is 5.92 Å². The topological polar surface area (TPSA) is 61.1 Å². The molecule has 0 saturated heterocycles. The summed E-state index contributed by atoms with van der Waals surface area (Å²) >= 11 is 0. The van der Waals surface area contributed by atoms with Gasteiger partial charge in [0.05, 0.1) is 6.07 Å². The molecular weight excluding hydrogens is 166 g/mol. The normalized spacial score (nSPS) is 12.0. The maximum Gasteiger partial charge on any atom is 0.320 e. The van der Waals surface area contributed by atoms with Crippen LogP contribution in [-0.4, -0.2) is 11.1 Å². The predicted molar refractivity (Wildman–Crippen MR) is 50.1 cm³/mol. The average molecular weight is 183 g/mol. The van der Waals surface area contributed by atoms with Crippen molar-refractivity contribution in [3.8, 4) is 6.07 Å². The van der Waals surface area contributed by atoms with Crippen LogP contribution >= 0.6 is 0 Å². The summed E-state index contributed by atoms with van der Waals surface area (Å²) in [4.78, 5) is 10.4. The highest BCUT2D eigenvalue weighted by atomic mass is 16.4. The van der Waals surface area contributed by atoms with E-state index in [1.807, 2.05) is 0 Å². The molecule has 0 heterocycles. The van der Waals surface area contributed by atoms with Gasteiger partial charge in [0.25, 0.3) is 0 Å². The Balaban J connectivity index is 3.41. The van der Waals surface area contributed by atoms with Gasteiger partial charge in [-0.05, 0) is 6.42 Å². The number of carbonyl (C=O) groups is 1. The highest BCUT2D eigenvalue weighted by Crippen LogP contribution is 2.11. The van der Waals surface area contributed by atoms with Gasteiger partial charge < -0.3 is 5.11 Å². The maximum absolute atomic E-state index is 10.4. The Morgan fingerprint density at radius 3 is 2.46 bits per heavy atom. The molecule has 0 aliphatic carbocycles. The van der Waals surface area contributed by atoms with Crippen LogP contribution in [0.3, 0.4) is 0 Å². The van der Waals surface area contributed by atoms with Crippen molar-refractivity contribution in [1.29, 1.82) is 5.26 Å². The van der Waals surface area contributed by atoms with Crippen LogP contribution < -0.4 is 0 Å². The number of nitrogens with zero attached hydrogens (tertiary/aromatic N) is 1.